The summed E-state index contributed by atoms with van der Waals surface area (Å²) in [6.45, 7) is 2.24. The van der Waals surface area contributed by atoms with E-state index < -0.39 is 16.1 Å². The van der Waals surface area contributed by atoms with Gasteiger partial charge in [0.25, 0.3) is 0 Å². The van der Waals surface area contributed by atoms with Crippen molar-refractivity contribution in [3.63, 3.8) is 0 Å². The maximum atomic E-state index is 13.1. The van der Waals surface area contributed by atoms with Crippen LogP contribution in [0.1, 0.15) is 18.4 Å². The Hall–Kier alpha value is -3.49. The Balaban J connectivity index is 1.32. The second-order valence-electron chi connectivity index (χ2n) is 8.26. The Kier molecular flexibility index (Phi) is 5.47. The van der Waals surface area contributed by atoms with Crippen LogP contribution < -0.4 is 5.32 Å². The van der Waals surface area contributed by atoms with E-state index in [1.807, 2.05) is 43.3 Å². The number of nitrogens with zero attached hydrogens (tertiary/aromatic N) is 2. The fraction of sp³-hybridized carbons (Fsp3) is 0.200. The molecule has 0 saturated carbocycles. The molecular formula is C25H24N4O3S. The molecule has 1 aliphatic rings. The maximum absolute atomic E-state index is 13.1. The number of benzene rings is 3. The van der Waals surface area contributed by atoms with E-state index in [4.69, 9.17) is 0 Å². The molecule has 8 heteroatoms. The number of carbonyl (C=O) groups excluding carboxylic acids is 1. The molecule has 3 aromatic carbocycles. The molecule has 1 amide bonds. The van der Waals surface area contributed by atoms with E-state index in [9.17, 15) is 13.2 Å². The first kappa shape index (κ1) is 21.4. The number of H-pyrrole nitrogens is 1. The summed E-state index contributed by atoms with van der Waals surface area (Å²) in [7, 11) is -3.74. The Bertz CT molecular complexity index is 1380. The molecule has 2 heterocycles. The van der Waals surface area contributed by atoms with Gasteiger partial charge in [0, 0.05) is 17.8 Å². The molecule has 1 saturated heterocycles. The first-order valence-electron chi connectivity index (χ1n) is 10.9. The highest BCUT2D eigenvalue weighted by Crippen LogP contribution is 2.28. The molecule has 4 aromatic rings. The molecule has 7 nitrogen and oxygen atoms in total. The SMILES string of the molecule is Cc1ccc(S(=O)(=O)N2CCC[C@@H]2C(=O)Nc2ccc(-c3nc4ccccc4[nH]3)cc2)cc1. The minimum Gasteiger partial charge on any atom is -0.338 e. The van der Waals surface area contributed by atoms with Crippen LogP contribution in [0.25, 0.3) is 22.4 Å². The summed E-state index contributed by atoms with van der Waals surface area (Å²) in [4.78, 5) is 21.1. The lowest BCUT2D eigenvalue weighted by Gasteiger charge is -2.23. The molecule has 2 N–H and O–H groups in total. The number of nitrogens with one attached hydrogen (secondary N) is 2. The lowest BCUT2D eigenvalue weighted by Crippen LogP contribution is -2.43. The molecule has 0 radical (unpaired) electrons. The fourth-order valence-corrected chi connectivity index (χ4v) is 5.82. The first-order valence-corrected chi connectivity index (χ1v) is 12.3. The summed E-state index contributed by atoms with van der Waals surface area (Å²) < 4.78 is 27.6. The number of para-hydroxylation sites is 2. The number of aromatic nitrogens is 2. The van der Waals surface area contributed by atoms with E-state index >= 15 is 0 Å². The van der Waals surface area contributed by atoms with E-state index in [1.165, 1.54) is 4.31 Å². The van der Waals surface area contributed by atoms with Crippen LogP contribution in [-0.4, -0.2) is 41.2 Å². The van der Waals surface area contributed by atoms with Gasteiger partial charge in [-0.15, -0.1) is 0 Å². The molecule has 0 bridgehead atoms. The van der Waals surface area contributed by atoms with Gasteiger partial charge in [-0.05, 0) is 68.3 Å². The molecule has 0 spiro atoms. The van der Waals surface area contributed by atoms with Crippen LogP contribution in [-0.2, 0) is 14.8 Å². The van der Waals surface area contributed by atoms with Gasteiger partial charge in [0.1, 0.15) is 11.9 Å². The van der Waals surface area contributed by atoms with E-state index in [1.54, 1.807) is 36.4 Å². The fourth-order valence-electron chi connectivity index (χ4n) is 4.16. The average molecular weight is 461 g/mol. The maximum Gasteiger partial charge on any atom is 0.243 e. The number of aryl methyl sites for hydroxylation is 1. The summed E-state index contributed by atoms with van der Waals surface area (Å²) in [5.41, 5.74) is 4.34. The normalized spacial score (nSPS) is 16.8. The van der Waals surface area contributed by atoms with E-state index in [-0.39, 0.29) is 10.8 Å². The summed E-state index contributed by atoms with van der Waals surface area (Å²) >= 11 is 0. The number of amides is 1. The molecule has 1 aliphatic heterocycles. The Morgan fingerprint density at radius 2 is 1.76 bits per heavy atom. The zero-order chi connectivity index (χ0) is 23.0. The van der Waals surface area contributed by atoms with Crippen LogP contribution in [0.2, 0.25) is 0 Å². The molecule has 1 atom stereocenters. The van der Waals surface area contributed by atoms with Crippen molar-refractivity contribution in [2.75, 3.05) is 11.9 Å². The van der Waals surface area contributed by atoms with E-state index in [0.717, 1.165) is 28.0 Å². The number of imidazole rings is 1. The number of fused-ring (bicyclic) bond motifs is 1. The van der Waals surface area contributed by atoms with Crippen LogP contribution in [0.5, 0.6) is 0 Å². The number of anilines is 1. The van der Waals surface area contributed by atoms with Crippen LogP contribution in [0.15, 0.2) is 77.7 Å². The average Bonchev–Trinajstić information content (AvgIpc) is 3.48. The van der Waals surface area contributed by atoms with Crippen LogP contribution in [0.4, 0.5) is 5.69 Å². The smallest absolute Gasteiger partial charge is 0.243 e. The molecule has 168 valence electrons. The van der Waals surface area contributed by atoms with Crippen molar-refractivity contribution in [1.82, 2.24) is 14.3 Å². The van der Waals surface area contributed by atoms with Gasteiger partial charge < -0.3 is 10.3 Å². The number of sulfonamides is 1. The Morgan fingerprint density at radius 1 is 1.03 bits per heavy atom. The van der Waals surface area contributed by atoms with Crippen molar-refractivity contribution in [2.45, 2.75) is 30.7 Å². The highest BCUT2D eigenvalue weighted by Gasteiger charge is 2.39. The van der Waals surface area contributed by atoms with Gasteiger partial charge in [-0.1, -0.05) is 29.8 Å². The predicted octanol–water partition coefficient (Wildman–Crippen LogP) is 4.33. The standard InChI is InChI=1S/C25H24N4O3S/c1-17-8-14-20(15-9-17)33(31,32)29-16-4-7-23(29)25(30)26-19-12-10-18(11-13-19)24-27-21-5-2-3-6-22(21)28-24/h2-3,5-6,8-15,23H,4,7,16H2,1H3,(H,26,30)(H,27,28)/t23-/m1/s1. The van der Waals surface area contributed by atoms with Crippen LogP contribution in [0, 0.1) is 6.92 Å². The van der Waals surface area contributed by atoms with Crippen molar-refractivity contribution in [2.24, 2.45) is 0 Å². The number of hydrogen-bond donors (Lipinski definition) is 2. The number of rotatable bonds is 5. The molecule has 1 aromatic heterocycles. The van der Waals surface area contributed by atoms with Gasteiger partial charge in [0.2, 0.25) is 15.9 Å². The van der Waals surface area contributed by atoms with Gasteiger partial charge >= 0.3 is 0 Å². The summed E-state index contributed by atoms with van der Waals surface area (Å²) in [6, 6.07) is 21.2. The van der Waals surface area contributed by atoms with Crippen molar-refractivity contribution < 1.29 is 13.2 Å². The van der Waals surface area contributed by atoms with E-state index in [0.29, 0.717) is 25.1 Å². The summed E-state index contributed by atoms with van der Waals surface area (Å²) in [6.07, 6.45) is 1.14. The topological polar surface area (TPSA) is 95.2 Å². The van der Waals surface area contributed by atoms with E-state index in [2.05, 4.69) is 15.3 Å². The predicted molar refractivity (Wildman–Crippen MR) is 128 cm³/mol. The minimum absolute atomic E-state index is 0.211. The Morgan fingerprint density at radius 3 is 2.48 bits per heavy atom. The Labute approximate surface area is 192 Å². The first-order chi connectivity index (χ1) is 15.9. The van der Waals surface area contributed by atoms with Crippen molar-refractivity contribution in [1.29, 1.82) is 0 Å². The molecular weight excluding hydrogens is 436 g/mol. The van der Waals surface area contributed by atoms with Crippen molar-refractivity contribution >= 4 is 32.7 Å². The molecule has 1 fully saturated rings. The lowest BCUT2D eigenvalue weighted by molar-refractivity contribution is -0.119. The second-order valence-corrected chi connectivity index (χ2v) is 10.1. The third kappa shape index (κ3) is 4.15. The third-order valence-electron chi connectivity index (χ3n) is 5.95. The van der Waals surface area contributed by atoms with Gasteiger partial charge in [-0.3, -0.25) is 4.79 Å². The highest BCUT2D eigenvalue weighted by molar-refractivity contribution is 7.89. The van der Waals surface area contributed by atoms with Crippen molar-refractivity contribution in [3.8, 4) is 11.4 Å². The highest BCUT2D eigenvalue weighted by atomic mass is 32.2. The quantitative estimate of drug-likeness (QED) is 0.463. The lowest BCUT2D eigenvalue weighted by atomic mass is 10.1. The van der Waals surface area contributed by atoms with Gasteiger partial charge in [0.05, 0.1) is 15.9 Å². The van der Waals surface area contributed by atoms with Crippen LogP contribution >= 0.6 is 0 Å². The second kappa shape index (κ2) is 8.46. The molecule has 0 unspecified atom stereocenters. The summed E-state index contributed by atoms with van der Waals surface area (Å²) in [5, 5.41) is 2.88. The van der Waals surface area contributed by atoms with Crippen LogP contribution in [0.3, 0.4) is 0 Å². The molecule has 33 heavy (non-hydrogen) atoms. The number of hydrogen-bond acceptors (Lipinski definition) is 4. The zero-order valence-electron chi connectivity index (χ0n) is 18.2. The minimum atomic E-state index is -3.74. The van der Waals surface area contributed by atoms with Crippen molar-refractivity contribution in [3.05, 3.63) is 78.4 Å². The number of carbonyl (C=O) groups is 1. The number of aromatic amines is 1. The summed E-state index contributed by atoms with van der Waals surface area (Å²) in [5.74, 6) is 0.430. The van der Waals surface area contributed by atoms with Gasteiger partial charge in [-0.25, -0.2) is 13.4 Å². The molecule has 5 rings (SSSR count). The zero-order valence-corrected chi connectivity index (χ0v) is 19.0. The molecule has 0 aliphatic carbocycles. The largest absolute Gasteiger partial charge is 0.338 e. The monoisotopic (exact) mass is 460 g/mol. The third-order valence-corrected chi connectivity index (χ3v) is 7.87. The van der Waals surface area contributed by atoms with Gasteiger partial charge in [-0.2, -0.15) is 4.31 Å². The van der Waals surface area contributed by atoms with Gasteiger partial charge in [0.15, 0.2) is 0 Å².